The molecule has 3 aliphatic rings. The smallest absolute Gasteiger partial charge is 0.235 e. The number of nitrogens with one attached hydrogen (secondary N) is 1. The second kappa shape index (κ2) is 7.02. The summed E-state index contributed by atoms with van der Waals surface area (Å²) in [5.74, 6) is -1.67. The Balaban J connectivity index is 1.50. The molecule has 30 heavy (non-hydrogen) atoms. The Bertz CT molecular complexity index is 1040. The number of nitrogen functional groups attached to an aromatic ring is 1. The zero-order chi connectivity index (χ0) is 21.0. The Labute approximate surface area is 174 Å². The number of rotatable bonds is 4. The van der Waals surface area contributed by atoms with Gasteiger partial charge in [-0.2, -0.15) is 0 Å². The molecule has 3 fully saturated rings. The van der Waals surface area contributed by atoms with Crippen LogP contribution in [0.1, 0.15) is 35.6 Å². The maximum atomic E-state index is 14.2. The third-order valence-corrected chi connectivity index (χ3v) is 6.79. The summed E-state index contributed by atoms with van der Waals surface area (Å²) in [5, 5.41) is 7.59. The monoisotopic (exact) mass is 406 g/mol. The molecule has 3 aliphatic heterocycles. The topological polar surface area (TPSA) is 90.5 Å². The lowest BCUT2D eigenvalue weighted by Crippen LogP contribution is -2.39. The van der Waals surface area contributed by atoms with Crippen molar-refractivity contribution in [2.75, 3.05) is 6.54 Å². The van der Waals surface area contributed by atoms with E-state index in [1.807, 2.05) is 12.1 Å². The van der Waals surface area contributed by atoms with Crippen molar-refractivity contribution in [2.45, 2.75) is 31.5 Å². The number of amidine groups is 1. The van der Waals surface area contributed by atoms with Crippen molar-refractivity contribution < 1.29 is 14.0 Å². The van der Waals surface area contributed by atoms with Crippen LogP contribution in [0.15, 0.2) is 48.5 Å². The molecule has 7 heteroatoms. The first-order chi connectivity index (χ1) is 14.5. The number of imide groups is 1. The lowest BCUT2D eigenvalue weighted by molar-refractivity contribution is -0.142. The number of nitrogens with zero attached hydrogens (tertiary/aromatic N) is 2. The molecule has 3 saturated heterocycles. The highest BCUT2D eigenvalue weighted by Gasteiger charge is 2.62. The van der Waals surface area contributed by atoms with Crippen LogP contribution < -0.4 is 5.73 Å². The standard InChI is InChI=1S/C23H23FN4O2/c24-16-5-2-1-4-15(16)12-28-22(29)18-17-6-3-11-27(17)20(19(18)23(28)30)13-7-9-14(10-8-13)21(25)26/h1-2,4-5,7-10,17-20H,3,6,11-12H2,(H3,25,26)/t17-,18-,19-,20-/m0/s1. The van der Waals surface area contributed by atoms with Crippen molar-refractivity contribution in [1.82, 2.24) is 9.80 Å². The van der Waals surface area contributed by atoms with Gasteiger partial charge in [0.25, 0.3) is 0 Å². The van der Waals surface area contributed by atoms with Crippen LogP contribution in [0.5, 0.6) is 0 Å². The van der Waals surface area contributed by atoms with E-state index in [2.05, 4.69) is 4.90 Å². The summed E-state index contributed by atoms with van der Waals surface area (Å²) in [7, 11) is 0. The first kappa shape index (κ1) is 18.9. The molecule has 2 aromatic carbocycles. The van der Waals surface area contributed by atoms with Crippen LogP contribution in [0.3, 0.4) is 0 Å². The third kappa shape index (κ3) is 2.76. The lowest BCUT2D eigenvalue weighted by Gasteiger charge is -2.29. The van der Waals surface area contributed by atoms with Crippen molar-refractivity contribution in [2.24, 2.45) is 17.6 Å². The van der Waals surface area contributed by atoms with Gasteiger partial charge in [-0.1, -0.05) is 42.5 Å². The Hall–Kier alpha value is -3.06. The van der Waals surface area contributed by atoms with E-state index in [-0.39, 0.29) is 42.2 Å². The van der Waals surface area contributed by atoms with Gasteiger partial charge < -0.3 is 5.73 Å². The van der Waals surface area contributed by atoms with Gasteiger partial charge in [0, 0.05) is 23.2 Å². The highest BCUT2D eigenvalue weighted by Crippen LogP contribution is 2.53. The Morgan fingerprint density at radius 2 is 1.77 bits per heavy atom. The van der Waals surface area contributed by atoms with Crippen molar-refractivity contribution >= 4 is 17.6 Å². The zero-order valence-corrected chi connectivity index (χ0v) is 16.4. The Morgan fingerprint density at radius 1 is 1.07 bits per heavy atom. The molecule has 0 aliphatic carbocycles. The quantitative estimate of drug-likeness (QED) is 0.464. The summed E-state index contributed by atoms with van der Waals surface area (Å²) in [6.45, 7) is 0.824. The van der Waals surface area contributed by atoms with Crippen molar-refractivity contribution in [3.05, 3.63) is 71.0 Å². The average molecular weight is 406 g/mol. The highest BCUT2D eigenvalue weighted by atomic mass is 19.1. The van der Waals surface area contributed by atoms with Crippen LogP contribution in [-0.4, -0.2) is 40.0 Å². The number of amides is 2. The molecule has 0 aromatic heterocycles. The summed E-state index contributed by atoms with van der Waals surface area (Å²) >= 11 is 0. The van der Waals surface area contributed by atoms with Crippen LogP contribution in [0.2, 0.25) is 0 Å². The molecular weight excluding hydrogens is 383 g/mol. The van der Waals surface area contributed by atoms with Gasteiger partial charge in [-0.3, -0.25) is 24.8 Å². The fraction of sp³-hybridized carbons (Fsp3) is 0.348. The van der Waals surface area contributed by atoms with Gasteiger partial charge in [-0.15, -0.1) is 0 Å². The third-order valence-electron chi connectivity index (χ3n) is 6.79. The van der Waals surface area contributed by atoms with Gasteiger partial charge in [0.2, 0.25) is 11.8 Å². The minimum absolute atomic E-state index is 0.00641. The summed E-state index contributed by atoms with van der Waals surface area (Å²) in [6, 6.07) is 13.5. The van der Waals surface area contributed by atoms with E-state index in [1.54, 1.807) is 30.3 Å². The van der Waals surface area contributed by atoms with Crippen molar-refractivity contribution in [3.8, 4) is 0 Å². The predicted octanol–water partition coefficient (Wildman–Crippen LogP) is 2.43. The molecular formula is C23H23FN4O2. The molecule has 2 amide bonds. The highest BCUT2D eigenvalue weighted by molar-refractivity contribution is 6.06. The normalized spacial score (nSPS) is 28.1. The van der Waals surface area contributed by atoms with E-state index >= 15 is 0 Å². The number of hydrogen-bond acceptors (Lipinski definition) is 4. The molecule has 2 aromatic rings. The van der Waals surface area contributed by atoms with E-state index in [9.17, 15) is 14.0 Å². The molecule has 3 N–H and O–H groups in total. The Morgan fingerprint density at radius 3 is 2.47 bits per heavy atom. The van der Waals surface area contributed by atoms with E-state index in [1.165, 1.54) is 11.0 Å². The molecule has 154 valence electrons. The van der Waals surface area contributed by atoms with Gasteiger partial charge in [-0.05, 0) is 31.0 Å². The van der Waals surface area contributed by atoms with Gasteiger partial charge in [0.05, 0.1) is 18.4 Å². The summed E-state index contributed by atoms with van der Waals surface area (Å²) in [5.41, 5.74) is 7.50. The molecule has 0 bridgehead atoms. The molecule has 4 atom stereocenters. The molecule has 3 heterocycles. The van der Waals surface area contributed by atoms with Crippen LogP contribution in [0.4, 0.5) is 4.39 Å². The zero-order valence-electron chi connectivity index (χ0n) is 16.4. The number of likely N-dealkylation sites (tertiary alicyclic amines) is 1. The number of fused-ring (bicyclic) bond motifs is 3. The summed E-state index contributed by atoms with van der Waals surface area (Å²) < 4.78 is 14.2. The van der Waals surface area contributed by atoms with Crippen molar-refractivity contribution in [3.63, 3.8) is 0 Å². The van der Waals surface area contributed by atoms with Crippen molar-refractivity contribution in [1.29, 1.82) is 5.41 Å². The molecule has 6 nitrogen and oxygen atoms in total. The fourth-order valence-corrected chi connectivity index (χ4v) is 5.47. The van der Waals surface area contributed by atoms with Gasteiger partial charge in [-0.25, -0.2) is 4.39 Å². The molecule has 0 unspecified atom stereocenters. The minimum Gasteiger partial charge on any atom is -0.384 e. The van der Waals surface area contributed by atoms with Gasteiger partial charge in [0.1, 0.15) is 11.7 Å². The van der Waals surface area contributed by atoms with Crippen LogP contribution >= 0.6 is 0 Å². The van der Waals surface area contributed by atoms with Gasteiger partial charge >= 0.3 is 0 Å². The largest absolute Gasteiger partial charge is 0.384 e. The van der Waals surface area contributed by atoms with E-state index < -0.39 is 11.7 Å². The number of benzene rings is 2. The number of carbonyl (C=O) groups excluding carboxylic acids is 2. The number of hydrogen-bond donors (Lipinski definition) is 2. The van der Waals surface area contributed by atoms with Crippen LogP contribution in [0, 0.1) is 23.1 Å². The molecule has 5 rings (SSSR count). The summed E-state index contributed by atoms with van der Waals surface area (Å²) in [4.78, 5) is 30.2. The second-order valence-corrected chi connectivity index (χ2v) is 8.33. The fourth-order valence-electron chi connectivity index (χ4n) is 5.47. The van der Waals surface area contributed by atoms with Gasteiger partial charge in [0.15, 0.2) is 0 Å². The molecule has 0 saturated carbocycles. The second-order valence-electron chi connectivity index (χ2n) is 8.33. The lowest BCUT2D eigenvalue weighted by atomic mass is 9.85. The predicted molar refractivity (Wildman–Crippen MR) is 109 cm³/mol. The maximum absolute atomic E-state index is 14.2. The summed E-state index contributed by atoms with van der Waals surface area (Å²) in [6.07, 6.45) is 1.88. The van der Waals surface area contributed by atoms with Crippen LogP contribution in [0.25, 0.3) is 0 Å². The minimum atomic E-state index is -0.460. The SMILES string of the molecule is N=C(N)c1ccc([C@H]2[C@H]3C(=O)N(Cc4ccccc4F)C(=O)[C@H]3[C@@H]3CCCN32)cc1. The maximum Gasteiger partial charge on any atom is 0.235 e. The number of halogens is 1. The number of carbonyl (C=O) groups is 2. The van der Waals surface area contributed by atoms with E-state index in [4.69, 9.17) is 11.1 Å². The van der Waals surface area contributed by atoms with Crippen LogP contribution in [-0.2, 0) is 16.1 Å². The van der Waals surface area contributed by atoms with E-state index in [0.29, 0.717) is 11.1 Å². The molecule has 0 radical (unpaired) electrons. The van der Waals surface area contributed by atoms with E-state index in [0.717, 1.165) is 24.9 Å². The first-order valence-corrected chi connectivity index (χ1v) is 10.3. The number of nitrogens with two attached hydrogens (primary N) is 1. The Kier molecular flexibility index (Phi) is 4.43. The first-order valence-electron chi connectivity index (χ1n) is 10.3. The molecule has 0 spiro atoms. The average Bonchev–Trinajstić information content (AvgIpc) is 3.38.